The van der Waals surface area contributed by atoms with Gasteiger partial charge in [0.2, 0.25) is 0 Å². The zero-order chi connectivity index (χ0) is 11.3. The Labute approximate surface area is 93.5 Å². The Morgan fingerprint density at radius 1 is 0.933 bits per heavy atom. The summed E-state index contributed by atoms with van der Waals surface area (Å²) in [5.74, 6) is 0. The van der Waals surface area contributed by atoms with E-state index in [9.17, 15) is 0 Å². The first-order chi connectivity index (χ1) is 7.08. The maximum atomic E-state index is 2.31. The van der Waals surface area contributed by atoms with E-state index in [1.807, 2.05) is 0 Å². The summed E-state index contributed by atoms with van der Waals surface area (Å²) < 4.78 is 0. The number of hydrogen-bond donors (Lipinski definition) is 0. The Kier molecular flexibility index (Phi) is 4.79. The highest BCUT2D eigenvalue weighted by Gasteiger charge is 1.98. The van der Waals surface area contributed by atoms with Crippen LogP contribution in [0.2, 0.25) is 0 Å². The van der Waals surface area contributed by atoms with Gasteiger partial charge in [-0.05, 0) is 45.7 Å². The molecule has 0 fully saturated rings. The first-order valence-corrected chi connectivity index (χ1v) is 5.45. The Morgan fingerprint density at radius 3 is 2.20 bits per heavy atom. The molecule has 1 aromatic carbocycles. The fraction of sp³-hybridized carbons (Fsp3) is 0.538. The van der Waals surface area contributed by atoms with Crippen molar-refractivity contribution in [1.29, 1.82) is 0 Å². The van der Waals surface area contributed by atoms with Gasteiger partial charge in [0, 0.05) is 13.1 Å². The molecule has 1 rings (SSSR count). The van der Waals surface area contributed by atoms with Gasteiger partial charge in [-0.1, -0.05) is 24.3 Å². The predicted molar refractivity (Wildman–Crippen MR) is 66.1 cm³/mol. The summed E-state index contributed by atoms with van der Waals surface area (Å²) in [4.78, 5) is 4.42. The van der Waals surface area contributed by atoms with Crippen LogP contribution in [-0.2, 0) is 13.0 Å². The second-order valence-corrected chi connectivity index (χ2v) is 4.61. The van der Waals surface area contributed by atoms with Crippen LogP contribution in [0.15, 0.2) is 24.3 Å². The standard InChI is InChI=1S/C13H22N2/c1-14(2)9-8-12-6-5-7-13(10-12)11-15(3)4/h5-7,10H,8-9,11H2,1-4H3. The van der Waals surface area contributed by atoms with E-state index in [0.29, 0.717) is 0 Å². The molecule has 1 aromatic rings. The Morgan fingerprint density at radius 2 is 1.60 bits per heavy atom. The topological polar surface area (TPSA) is 6.48 Å². The Balaban J connectivity index is 2.57. The number of rotatable bonds is 5. The number of nitrogens with zero attached hydrogens (tertiary/aromatic N) is 2. The molecule has 2 nitrogen and oxygen atoms in total. The fourth-order valence-corrected chi connectivity index (χ4v) is 1.60. The van der Waals surface area contributed by atoms with Crippen molar-refractivity contribution in [3.05, 3.63) is 35.4 Å². The van der Waals surface area contributed by atoms with Crippen molar-refractivity contribution in [1.82, 2.24) is 9.80 Å². The summed E-state index contributed by atoms with van der Waals surface area (Å²) in [6, 6.07) is 8.87. The highest BCUT2D eigenvalue weighted by atomic mass is 15.1. The van der Waals surface area contributed by atoms with Crippen molar-refractivity contribution in [2.45, 2.75) is 13.0 Å². The number of hydrogen-bond acceptors (Lipinski definition) is 2. The van der Waals surface area contributed by atoms with Crippen molar-refractivity contribution in [3.8, 4) is 0 Å². The van der Waals surface area contributed by atoms with Crippen LogP contribution < -0.4 is 0 Å². The summed E-state index contributed by atoms with van der Waals surface area (Å²) >= 11 is 0. The van der Waals surface area contributed by atoms with Gasteiger partial charge in [-0.15, -0.1) is 0 Å². The second-order valence-electron chi connectivity index (χ2n) is 4.61. The lowest BCUT2D eigenvalue weighted by atomic mass is 10.1. The predicted octanol–water partition coefficient (Wildman–Crippen LogP) is 1.85. The van der Waals surface area contributed by atoms with Crippen LogP contribution in [-0.4, -0.2) is 44.5 Å². The zero-order valence-corrected chi connectivity index (χ0v) is 10.3. The van der Waals surface area contributed by atoms with E-state index in [-0.39, 0.29) is 0 Å². The van der Waals surface area contributed by atoms with Crippen molar-refractivity contribution < 1.29 is 0 Å². The van der Waals surface area contributed by atoms with Gasteiger partial charge in [0.25, 0.3) is 0 Å². The van der Waals surface area contributed by atoms with Crippen LogP contribution in [0.5, 0.6) is 0 Å². The molecule has 0 N–H and O–H groups in total. The van der Waals surface area contributed by atoms with E-state index in [0.717, 1.165) is 19.5 Å². The van der Waals surface area contributed by atoms with Crippen LogP contribution in [0, 0.1) is 0 Å². The van der Waals surface area contributed by atoms with E-state index in [1.54, 1.807) is 0 Å². The maximum Gasteiger partial charge on any atom is 0.0227 e. The average Bonchev–Trinajstić information content (AvgIpc) is 2.14. The van der Waals surface area contributed by atoms with Crippen molar-refractivity contribution in [2.24, 2.45) is 0 Å². The van der Waals surface area contributed by atoms with E-state index in [1.165, 1.54) is 11.1 Å². The molecular weight excluding hydrogens is 184 g/mol. The second kappa shape index (κ2) is 5.89. The summed E-state index contributed by atoms with van der Waals surface area (Å²) in [7, 11) is 8.44. The average molecular weight is 206 g/mol. The molecule has 0 heterocycles. The molecule has 0 unspecified atom stereocenters. The van der Waals surface area contributed by atoms with Crippen LogP contribution in [0.1, 0.15) is 11.1 Å². The first-order valence-electron chi connectivity index (χ1n) is 5.45. The van der Waals surface area contributed by atoms with Gasteiger partial charge in [-0.3, -0.25) is 0 Å². The third-order valence-corrected chi connectivity index (χ3v) is 2.34. The normalized spacial score (nSPS) is 11.3. The molecule has 0 aliphatic rings. The number of likely N-dealkylation sites (N-methyl/N-ethyl adjacent to an activating group) is 1. The van der Waals surface area contributed by atoms with Crippen LogP contribution >= 0.6 is 0 Å². The van der Waals surface area contributed by atoms with Crippen molar-refractivity contribution in [2.75, 3.05) is 34.7 Å². The molecule has 84 valence electrons. The summed E-state index contributed by atoms with van der Waals surface area (Å²) in [5.41, 5.74) is 2.83. The lowest BCUT2D eigenvalue weighted by Gasteiger charge is -2.12. The van der Waals surface area contributed by atoms with Gasteiger partial charge in [-0.2, -0.15) is 0 Å². The molecule has 0 spiro atoms. The lowest BCUT2D eigenvalue weighted by molar-refractivity contribution is 0.401. The van der Waals surface area contributed by atoms with E-state index < -0.39 is 0 Å². The molecular formula is C13H22N2. The van der Waals surface area contributed by atoms with Gasteiger partial charge >= 0.3 is 0 Å². The molecule has 15 heavy (non-hydrogen) atoms. The monoisotopic (exact) mass is 206 g/mol. The summed E-state index contributed by atoms with van der Waals surface area (Å²) in [6.45, 7) is 2.14. The van der Waals surface area contributed by atoms with Crippen molar-refractivity contribution >= 4 is 0 Å². The minimum atomic E-state index is 1.02. The smallest absolute Gasteiger partial charge is 0.0227 e. The number of benzene rings is 1. The van der Waals surface area contributed by atoms with Gasteiger partial charge in [0.05, 0.1) is 0 Å². The zero-order valence-electron chi connectivity index (χ0n) is 10.3. The van der Waals surface area contributed by atoms with Gasteiger partial charge in [0.1, 0.15) is 0 Å². The largest absolute Gasteiger partial charge is 0.309 e. The summed E-state index contributed by atoms with van der Waals surface area (Å²) in [6.07, 6.45) is 1.13. The molecule has 0 atom stereocenters. The molecule has 0 saturated carbocycles. The van der Waals surface area contributed by atoms with Crippen LogP contribution in [0.25, 0.3) is 0 Å². The third-order valence-electron chi connectivity index (χ3n) is 2.34. The summed E-state index contributed by atoms with van der Waals surface area (Å²) in [5, 5.41) is 0. The fourth-order valence-electron chi connectivity index (χ4n) is 1.60. The minimum Gasteiger partial charge on any atom is -0.309 e. The van der Waals surface area contributed by atoms with Gasteiger partial charge in [0.15, 0.2) is 0 Å². The molecule has 0 bridgehead atoms. The molecule has 0 aliphatic carbocycles. The Bertz CT molecular complexity index is 292. The third kappa shape index (κ3) is 4.96. The van der Waals surface area contributed by atoms with Gasteiger partial charge in [-0.25, -0.2) is 0 Å². The lowest BCUT2D eigenvalue weighted by Crippen LogP contribution is -2.15. The molecule has 0 aromatic heterocycles. The van der Waals surface area contributed by atoms with E-state index >= 15 is 0 Å². The molecule has 0 radical (unpaired) electrons. The maximum absolute atomic E-state index is 2.31. The van der Waals surface area contributed by atoms with Crippen LogP contribution in [0.4, 0.5) is 0 Å². The highest BCUT2D eigenvalue weighted by molar-refractivity contribution is 5.23. The van der Waals surface area contributed by atoms with Gasteiger partial charge < -0.3 is 9.80 Å². The minimum absolute atomic E-state index is 1.02. The van der Waals surface area contributed by atoms with E-state index in [2.05, 4.69) is 62.3 Å². The molecule has 0 amide bonds. The molecule has 2 heteroatoms. The molecule has 0 aliphatic heterocycles. The quantitative estimate of drug-likeness (QED) is 0.725. The first kappa shape index (κ1) is 12.2. The van der Waals surface area contributed by atoms with Crippen LogP contribution in [0.3, 0.4) is 0 Å². The Hall–Kier alpha value is -0.860. The van der Waals surface area contributed by atoms with Crippen molar-refractivity contribution in [3.63, 3.8) is 0 Å². The van der Waals surface area contributed by atoms with E-state index in [4.69, 9.17) is 0 Å². The SMILES string of the molecule is CN(C)CCc1cccc(CN(C)C)c1. The molecule has 0 saturated heterocycles. The highest BCUT2D eigenvalue weighted by Crippen LogP contribution is 2.07.